The highest BCUT2D eigenvalue weighted by atomic mass is 35.5. The maximum Gasteiger partial charge on any atom is 0.165 e. The van der Waals surface area contributed by atoms with Crippen molar-refractivity contribution in [1.29, 1.82) is 0 Å². The summed E-state index contributed by atoms with van der Waals surface area (Å²) >= 11 is 6.06. The number of aromatic nitrogens is 1. The summed E-state index contributed by atoms with van der Waals surface area (Å²) in [6, 6.07) is 6.96. The smallest absolute Gasteiger partial charge is 0.165 e. The molecule has 0 fully saturated rings. The molecule has 0 aliphatic carbocycles. The zero-order valence-electron chi connectivity index (χ0n) is 9.94. The van der Waals surface area contributed by atoms with Crippen molar-refractivity contribution in [2.75, 3.05) is 0 Å². The number of hydrogen-bond donors (Lipinski definition) is 0. The predicted molar refractivity (Wildman–Crippen MR) is 71.0 cm³/mol. The topological polar surface area (TPSA) is 47.0 Å². The molecule has 0 bridgehead atoms. The van der Waals surface area contributed by atoms with Gasteiger partial charge >= 0.3 is 0 Å². The number of carbonyl (C=O) groups excluding carboxylic acids is 2. The van der Waals surface area contributed by atoms with Crippen molar-refractivity contribution in [1.82, 2.24) is 4.98 Å². The van der Waals surface area contributed by atoms with Crippen molar-refractivity contribution in [2.24, 2.45) is 0 Å². The SMILES string of the molecule is CC(=O)CCC(=O)c1ccc(Cl)c2cccnc12. The van der Waals surface area contributed by atoms with Gasteiger partial charge in [0.1, 0.15) is 5.78 Å². The third-order valence-electron chi connectivity index (χ3n) is 2.72. The highest BCUT2D eigenvalue weighted by molar-refractivity contribution is 6.36. The highest BCUT2D eigenvalue weighted by Crippen LogP contribution is 2.25. The lowest BCUT2D eigenvalue weighted by Gasteiger charge is -2.05. The van der Waals surface area contributed by atoms with Crippen molar-refractivity contribution in [2.45, 2.75) is 19.8 Å². The van der Waals surface area contributed by atoms with Gasteiger partial charge in [-0.2, -0.15) is 0 Å². The van der Waals surface area contributed by atoms with E-state index in [2.05, 4.69) is 4.98 Å². The van der Waals surface area contributed by atoms with Crippen LogP contribution in [0.2, 0.25) is 5.02 Å². The Morgan fingerprint density at radius 3 is 2.72 bits per heavy atom. The van der Waals surface area contributed by atoms with Crippen LogP contribution in [0.1, 0.15) is 30.1 Å². The van der Waals surface area contributed by atoms with Gasteiger partial charge < -0.3 is 4.79 Å². The molecular weight excluding hydrogens is 250 g/mol. The molecule has 0 aliphatic rings. The van der Waals surface area contributed by atoms with Crippen molar-refractivity contribution < 1.29 is 9.59 Å². The highest BCUT2D eigenvalue weighted by Gasteiger charge is 2.13. The summed E-state index contributed by atoms with van der Waals surface area (Å²) in [4.78, 5) is 27.1. The van der Waals surface area contributed by atoms with E-state index in [0.717, 1.165) is 5.39 Å². The molecule has 1 aromatic carbocycles. The molecule has 0 N–H and O–H groups in total. The van der Waals surface area contributed by atoms with Crippen LogP contribution >= 0.6 is 11.6 Å². The second-order valence-electron chi connectivity index (χ2n) is 4.12. The summed E-state index contributed by atoms with van der Waals surface area (Å²) in [6.45, 7) is 1.48. The first-order chi connectivity index (χ1) is 8.59. The number of Topliss-reactive ketones (excluding diaryl/α,β-unsaturated/α-hetero) is 2. The third kappa shape index (κ3) is 2.57. The number of hydrogen-bond acceptors (Lipinski definition) is 3. The van der Waals surface area contributed by atoms with E-state index in [1.807, 2.05) is 6.07 Å². The van der Waals surface area contributed by atoms with Crippen LogP contribution in [0.3, 0.4) is 0 Å². The molecule has 0 saturated heterocycles. The molecule has 2 rings (SSSR count). The van der Waals surface area contributed by atoms with Crippen molar-refractivity contribution in [3.63, 3.8) is 0 Å². The molecule has 4 heteroatoms. The Bertz CT molecular complexity index is 622. The zero-order valence-corrected chi connectivity index (χ0v) is 10.7. The molecule has 1 heterocycles. The number of ketones is 2. The number of pyridine rings is 1. The maximum absolute atomic E-state index is 12.0. The second-order valence-corrected chi connectivity index (χ2v) is 4.53. The molecule has 1 aromatic heterocycles. The van der Waals surface area contributed by atoms with Crippen LogP contribution in [-0.4, -0.2) is 16.6 Å². The molecule has 0 radical (unpaired) electrons. The summed E-state index contributed by atoms with van der Waals surface area (Å²) in [5.41, 5.74) is 1.12. The fourth-order valence-electron chi connectivity index (χ4n) is 1.79. The van der Waals surface area contributed by atoms with Crippen LogP contribution in [0.5, 0.6) is 0 Å². The van der Waals surface area contributed by atoms with Crippen LogP contribution in [0.4, 0.5) is 0 Å². The molecule has 0 spiro atoms. The minimum absolute atomic E-state index is 0.00887. The van der Waals surface area contributed by atoms with E-state index in [1.54, 1.807) is 24.4 Å². The Kier molecular flexibility index (Phi) is 3.72. The van der Waals surface area contributed by atoms with Crippen LogP contribution in [0, 0.1) is 0 Å². The first kappa shape index (κ1) is 12.7. The lowest BCUT2D eigenvalue weighted by atomic mass is 10.0. The van der Waals surface area contributed by atoms with Gasteiger partial charge in [-0.05, 0) is 31.2 Å². The van der Waals surface area contributed by atoms with Gasteiger partial charge in [-0.3, -0.25) is 9.78 Å². The minimum Gasteiger partial charge on any atom is -0.300 e. The number of halogens is 1. The maximum atomic E-state index is 12.0. The number of carbonyl (C=O) groups is 2. The Hall–Kier alpha value is -1.74. The molecular formula is C14H12ClNO2. The van der Waals surface area contributed by atoms with Crippen LogP contribution in [0.15, 0.2) is 30.5 Å². The van der Waals surface area contributed by atoms with E-state index in [1.165, 1.54) is 6.92 Å². The lowest BCUT2D eigenvalue weighted by molar-refractivity contribution is -0.116. The number of rotatable bonds is 4. The third-order valence-corrected chi connectivity index (χ3v) is 3.05. The monoisotopic (exact) mass is 261 g/mol. The average molecular weight is 262 g/mol. The van der Waals surface area contributed by atoms with E-state index < -0.39 is 0 Å². The molecule has 0 aliphatic heterocycles. The van der Waals surface area contributed by atoms with Crippen LogP contribution < -0.4 is 0 Å². The van der Waals surface area contributed by atoms with Crippen molar-refractivity contribution in [3.8, 4) is 0 Å². The first-order valence-corrected chi connectivity index (χ1v) is 6.03. The van der Waals surface area contributed by atoms with Gasteiger partial charge in [0.2, 0.25) is 0 Å². The van der Waals surface area contributed by atoms with Gasteiger partial charge in [-0.25, -0.2) is 0 Å². The Balaban J connectivity index is 2.42. The van der Waals surface area contributed by atoms with Gasteiger partial charge in [0.25, 0.3) is 0 Å². The first-order valence-electron chi connectivity index (χ1n) is 5.65. The molecule has 3 nitrogen and oxygen atoms in total. The Morgan fingerprint density at radius 1 is 1.22 bits per heavy atom. The van der Waals surface area contributed by atoms with E-state index in [0.29, 0.717) is 16.1 Å². The lowest BCUT2D eigenvalue weighted by Crippen LogP contribution is -2.03. The molecule has 0 unspecified atom stereocenters. The Labute approximate surface area is 110 Å². The minimum atomic E-state index is -0.0782. The quantitative estimate of drug-likeness (QED) is 0.792. The van der Waals surface area contributed by atoms with Gasteiger partial charge in [0.15, 0.2) is 5.78 Å². The van der Waals surface area contributed by atoms with Gasteiger partial charge in [-0.1, -0.05) is 11.6 Å². The number of fused-ring (bicyclic) bond motifs is 1. The molecule has 92 valence electrons. The predicted octanol–water partition coefficient (Wildman–Crippen LogP) is 3.44. The average Bonchev–Trinajstić information content (AvgIpc) is 2.37. The van der Waals surface area contributed by atoms with E-state index in [4.69, 9.17) is 11.6 Å². The molecule has 0 atom stereocenters. The Morgan fingerprint density at radius 2 is 2.00 bits per heavy atom. The molecule has 18 heavy (non-hydrogen) atoms. The van der Waals surface area contributed by atoms with Gasteiger partial charge in [0, 0.05) is 30.0 Å². The van der Waals surface area contributed by atoms with E-state index in [-0.39, 0.29) is 24.4 Å². The number of benzene rings is 1. The standard InChI is InChI=1S/C14H12ClNO2/c1-9(17)4-7-13(18)11-5-6-12(15)10-3-2-8-16-14(10)11/h2-3,5-6,8H,4,7H2,1H3. The second kappa shape index (κ2) is 5.27. The van der Waals surface area contributed by atoms with Crippen molar-refractivity contribution in [3.05, 3.63) is 41.0 Å². The summed E-state index contributed by atoms with van der Waals surface area (Å²) < 4.78 is 0. The van der Waals surface area contributed by atoms with Gasteiger partial charge in [0.05, 0.1) is 10.5 Å². The normalized spacial score (nSPS) is 10.6. The number of nitrogens with zero attached hydrogens (tertiary/aromatic N) is 1. The summed E-state index contributed by atoms with van der Waals surface area (Å²) in [5.74, 6) is -0.0693. The summed E-state index contributed by atoms with van der Waals surface area (Å²) in [6.07, 6.45) is 2.10. The summed E-state index contributed by atoms with van der Waals surface area (Å²) in [7, 11) is 0. The molecule has 2 aromatic rings. The van der Waals surface area contributed by atoms with Crippen molar-refractivity contribution >= 4 is 34.1 Å². The fraction of sp³-hybridized carbons (Fsp3) is 0.214. The van der Waals surface area contributed by atoms with Gasteiger partial charge in [-0.15, -0.1) is 0 Å². The van der Waals surface area contributed by atoms with Crippen LogP contribution in [-0.2, 0) is 4.79 Å². The molecule has 0 amide bonds. The summed E-state index contributed by atoms with van der Waals surface area (Å²) in [5, 5.41) is 1.33. The largest absolute Gasteiger partial charge is 0.300 e. The molecule has 0 saturated carbocycles. The zero-order chi connectivity index (χ0) is 13.1. The fourth-order valence-corrected chi connectivity index (χ4v) is 2.00. The van der Waals surface area contributed by atoms with Crippen LogP contribution in [0.25, 0.3) is 10.9 Å². The van der Waals surface area contributed by atoms with E-state index >= 15 is 0 Å². The van der Waals surface area contributed by atoms with E-state index in [9.17, 15) is 9.59 Å².